The molecule has 1 N–H and O–H groups in total. The number of hydrogen-bond acceptors (Lipinski definition) is 3. The Kier molecular flexibility index (Phi) is 5.86. The third-order valence-electron chi connectivity index (χ3n) is 4.21. The summed E-state index contributed by atoms with van der Waals surface area (Å²) in [5, 5.41) is 3.67. The van der Waals surface area contributed by atoms with Crippen LogP contribution in [0, 0.1) is 5.92 Å². The van der Waals surface area contributed by atoms with Crippen LogP contribution in [-0.2, 0) is 6.42 Å². The predicted octanol–water partition coefficient (Wildman–Crippen LogP) is 2.56. The van der Waals surface area contributed by atoms with E-state index >= 15 is 0 Å². The number of nitrogens with zero attached hydrogens (tertiary/aromatic N) is 1. The van der Waals surface area contributed by atoms with Crippen molar-refractivity contribution in [1.82, 2.24) is 10.2 Å². The van der Waals surface area contributed by atoms with Crippen molar-refractivity contribution in [2.45, 2.75) is 32.7 Å². The summed E-state index contributed by atoms with van der Waals surface area (Å²) in [6.45, 7) is 9.24. The molecule has 112 valence electrons. The van der Waals surface area contributed by atoms with Gasteiger partial charge in [-0.1, -0.05) is 32.0 Å². The van der Waals surface area contributed by atoms with Crippen LogP contribution in [0.2, 0.25) is 0 Å². The van der Waals surface area contributed by atoms with Gasteiger partial charge in [0, 0.05) is 19.1 Å². The standard InChI is InChI=1S/C17H28N2O/c1-14(2)16-13-19(11-6-10-18-16)12-9-15-7-4-5-8-17(15)20-3/h4-5,7-8,14,16,18H,6,9-13H2,1-3H3. The minimum atomic E-state index is 0.621. The fourth-order valence-electron chi connectivity index (χ4n) is 2.86. The van der Waals surface area contributed by atoms with Crippen LogP contribution in [0.4, 0.5) is 0 Å². The first kappa shape index (κ1) is 15.3. The minimum absolute atomic E-state index is 0.621. The number of hydrogen-bond donors (Lipinski definition) is 1. The van der Waals surface area contributed by atoms with Gasteiger partial charge in [0.1, 0.15) is 5.75 Å². The lowest BCUT2D eigenvalue weighted by Gasteiger charge is -2.26. The number of ether oxygens (including phenoxy) is 1. The van der Waals surface area contributed by atoms with Crippen LogP contribution in [0.5, 0.6) is 5.75 Å². The topological polar surface area (TPSA) is 24.5 Å². The smallest absolute Gasteiger partial charge is 0.122 e. The van der Waals surface area contributed by atoms with E-state index in [1.165, 1.54) is 18.5 Å². The second kappa shape index (κ2) is 7.65. The number of para-hydroxylation sites is 1. The molecule has 3 nitrogen and oxygen atoms in total. The van der Waals surface area contributed by atoms with E-state index in [9.17, 15) is 0 Å². The average Bonchev–Trinajstić information content (AvgIpc) is 2.71. The van der Waals surface area contributed by atoms with Gasteiger partial charge in [0.2, 0.25) is 0 Å². The Morgan fingerprint density at radius 2 is 2.15 bits per heavy atom. The summed E-state index contributed by atoms with van der Waals surface area (Å²) in [5.74, 6) is 1.71. The van der Waals surface area contributed by atoms with E-state index in [0.29, 0.717) is 12.0 Å². The van der Waals surface area contributed by atoms with Crippen LogP contribution >= 0.6 is 0 Å². The molecule has 2 rings (SSSR count). The number of nitrogens with one attached hydrogen (secondary N) is 1. The Labute approximate surface area is 123 Å². The molecule has 1 aliphatic rings. The summed E-state index contributed by atoms with van der Waals surface area (Å²) in [5.41, 5.74) is 1.31. The molecule has 0 bridgehead atoms. The fourth-order valence-corrected chi connectivity index (χ4v) is 2.86. The first-order valence-corrected chi connectivity index (χ1v) is 7.78. The minimum Gasteiger partial charge on any atom is -0.496 e. The molecule has 0 aliphatic carbocycles. The molecular weight excluding hydrogens is 248 g/mol. The molecule has 0 saturated carbocycles. The highest BCUT2D eigenvalue weighted by molar-refractivity contribution is 5.33. The van der Waals surface area contributed by atoms with Gasteiger partial charge < -0.3 is 15.0 Å². The Morgan fingerprint density at radius 1 is 1.35 bits per heavy atom. The van der Waals surface area contributed by atoms with Crippen molar-refractivity contribution in [1.29, 1.82) is 0 Å². The monoisotopic (exact) mass is 276 g/mol. The van der Waals surface area contributed by atoms with Gasteiger partial charge in [-0.3, -0.25) is 0 Å². The largest absolute Gasteiger partial charge is 0.496 e. The number of rotatable bonds is 5. The van der Waals surface area contributed by atoms with Crippen molar-refractivity contribution >= 4 is 0 Å². The Balaban J connectivity index is 1.92. The molecule has 20 heavy (non-hydrogen) atoms. The van der Waals surface area contributed by atoms with E-state index in [1.807, 2.05) is 6.07 Å². The highest BCUT2D eigenvalue weighted by atomic mass is 16.5. The van der Waals surface area contributed by atoms with Crippen LogP contribution in [-0.4, -0.2) is 44.2 Å². The second-order valence-electron chi connectivity index (χ2n) is 6.02. The third kappa shape index (κ3) is 4.22. The molecule has 0 spiro atoms. The van der Waals surface area contributed by atoms with Crippen LogP contribution in [0.3, 0.4) is 0 Å². The molecule has 1 fully saturated rings. The van der Waals surface area contributed by atoms with E-state index in [-0.39, 0.29) is 0 Å². The fraction of sp³-hybridized carbons (Fsp3) is 0.647. The lowest BCUT2D eigenvalue weighted by atomic mass is 10.0. The maximum Gasteiger partial charge on any atom is 0.122 e. The number of benzene rings is 1. The van der Waals surface area contributed by atoms with Crippen molar-refractivity contribution in [3.63, 3.8) is 0 Å². The first-order valence-electron chi connectivity index (χ1n) is 7.78. The zero-order valence-corrected chi connectivity index (χ0v) is 13.1. The molecule has 1 saturated heterocycles. The van der Waals surface area contributed by atoms with E-state index in [4.69, 9.17) is 4.74 Å². The molecule has 0 radical (unpaired) electrons. The molecule has 1 aliphatic heterocycles. The molecule has 3 heteroatoms. The second-order valence-corrected chi connectivity index (χ2v) is 6.02. The van der Waals surface area contributed by atoms with Gasteiger partial charge >= 0.3 is 0 Å². The highest BCUT2D eigenvalue weighted by Crippen LogP contribution is 2.18. The molecule has 1 atom stereocenters. The van der Waals surface area contributed by atoms with Gasteiger partial charge in [0.15, 0.2) is 0 Å². The summed E-state index contributed by atoms with van der Waals surface area (Å²) in [7, 11) is 1.75. The first-order chi connectivity index (χ1) is 9.70. The quantitative estimate of drug-likeness (QED) is 0.894. The molecule has 1 aromatic carbocycles. The van der Waals surface area contributed by atoms with E-state index in [2.05, 4.69) is 42.3 Å². The normalized spacial score (nSPS) is 20.9. The predicted molar refractivity (Wildman–Crippen MR) is 84.4 cm³/mol. The molecular formula is C17H28N2O. The number of methoxy groups -OCH3 is 1. The molecule has 0 aromatic heterocycles. The van der Waals surface area contributed by atoms with E-state index in [0.717, 1.165) is 31.8 Å². The third-order valence-corrected chi connectivity index (χ3v) is 4.21. The lowest BCUT2D eigenvalue weighted by molar-refractivity contribution is 0.247. The van der Waals surface area contributed by atoms with Crippen LogP contribution in [0.15, 0.2) is 24.3 Å². The Bertz CT molecular complexity index is 406. The molecule has 0 amide bonds. The lowest BCUT2D eigenvalue weighted by Crippen LogP contribution is -2.41. The van der Waals surface area contributed by atoms with Crippen molar-refractivity contribution in [3.05, 3.63) is 29.8 Å². The Hall–Kier alpha value is -1.06. The van der Waals surface area contributed by atoms with Gasteiger partial charge in [0.05, 0.1) is 7.11 Å². The maximum absolute atomic E-state index is 5.44. The van der Waals surface area contributed by atoms with Gasteiger partial charge in [0.25, 0.3) is 0 Å². The van der Waals surface area contributed by atoms with E-state index < -0.39 is 0 Å². The average molecular weight is 276 g/mol. The van der Waals surface area contributed by atoms with Crippen LogP contribution < -0.4 is 10.1 Å². The van der Waals surface area contributed by atoms with Crippen molar-refractivity contribution < 1.29 is 4.74 Å². The molecule has 1 aromatic rings. The van der Waals surface area contributed by atoms with E-state index in [1.54, 1.807) is 7.11 Å². The Morgan fingerprint density at radius 3 is 2.90 bits per heavy atom. The summed E-state index contributed by atoms with van der Waals surface area (Å²) < 4.78 is 5.44. The van der Waals surface area contributed by atoms with Gasteiger partial charge in [-0.2, -0.15) is 0 Å². The van der Waals surface area contributed by atoms with Crippen molar-refractivity contribution in [2.75, 3.05) is 33.3 Å². The van der Waals surface area contributed by atoms with Crippen LogP contribution in [0.1, 0.15) is 25.8 Å². The summed E-state index contributed by atoms with van der Waals surface area (Å²) >= 11 is 0. The maximum atomic E-state index is 5.44. The SMILES string of the molecule is COc1ccccc1CCN1CCCNC(C(C)C)C1. The summed E-state index contributed by atoms with van der Waals surface area (Å²) in [6.07, 6.45) is 2.31. The zero-order chi connectivity index (χ0) is 14.4. The zero-order valence-electron chi connectivity index (χ0n) is 13.1. The molecule has 1 heterocycles. The van der Waals surface area contributed by atoms with Gasteiger partial charge in [-0.25, -0.2) is 0 Å². The molecule has 1 unspecified atom stereocenters. The van der Waals surface area contributed by atoms with Gasteiger partial charge in [-0.15, -0.1) is 0 Å². The highest BCUT2D eigenvalue weighted by Gasteiger charge is 2.20. The van der Waals surface area contributed by atoms with Crippen LogP contribution in [0.25, 0.3) is 0 Å². The van der Waals surface area contributed by atoms with Crippen molar-refractivity contribution in [3.8, 4) is 5.75 Å². The van der Waals surface area contributed by atoms with Crippen molar-refractivity contribution in [2.24, 2.45) is 5.92 Å². The summed E-state index contributed by atoms with van der Waals surface area (Å²) in [6, 6.07) is 8.98. The van der Waals surface area contributed by atoms with Gasteiger partial charge in [-0.05, 0) is 43.5 Å². The summed E-state index contributed by atoms with van der Waals surface area (Å²) in [4.78, 5) is 2.59.